The Morgan fingerprint density at radius 3 is 2.31 bits per heavy atom. The Labute approximate surface area is 106 Å². The minimum Gasteiger partial charge on any atom is -0.336 e. The maximum absolute atomic E-state index is 12.2. The van der Waals surface area contributed by atoms with E-state index in [4.69, 9.17) is 0 Å². The number of rotatable bonds is 4. The average Bonchev–Trinajstić information content (AvgIpc) is 2.30. The average molecular weight is 284 g/mol. The quantitative estimate of drug-likeness (QED) is 0.825. The molecule has 2 nitrogen and oxygen atoms in total. The van der Waals surface area contributed by atoms with E-state index in [0.717, 1.165) is 23.0 Å². The molecule has 0 aliphatic heterocycles. The van der Waals surface area contributed by atoms with E-state index in [-0.39, 0.29) is 5.91 Å². The summed E-state index contributed by atoms with van der Waals surface area (Å²) in [5, 5.41) is 0. The molecule has 0 saturated carbocycles. The Hall–Kier alpha value is -0.830. The van der Waals surface area contributed by atoms with E-state index in [1.165, 1.54) is 0 Å². The second-order valence-electron chi connectivity index (χ2n) is 3.86. The van der Waals surface area contributed by atoms with Gasteiger partial charge in [-0.1, -0.05) is 22.9 Å². The highest BCUT2D eigenvalue weighted by molar-refractivity contribution is 9.10. The van der Waals surface area contributed by atoms with E-state index < -0.39 is 0 Å². The Morgan fingerprint density at radius 1 is 1.31 bits per heavy atom. The predicted octanol–water partition coefficient (Wildman–Crippen LogP) is 3.71. The SMILES string of the molecule is CCC(C)N(CC)C(=O)c1ccc(Br)cc1. The van der Waals surface area contributed by atoms with Gasteiger partial charge in [0.1, 0.15) is 0 Å². The van der Waals surface area contributed by atoms with Gasteiger partial charge < -0.3 is 4.90 Å². The van der Waals surface area contributed by atoms with Crippen LogP contribution in [0.1, 0.15) is 37.6 Å². The molecular weight excluding hydrogens is 266 g/mol. The molecule has 0 aromatic heterocycles. The second kappa shape index (κ2) is 6.04. The first-order valence-corrected chi connectivity index (χ1v) is 6.46. The van der Waals surface area contributed by atoms with Crippen LogP contribution in [0.25, 0.3) is 0 Å². The van der Waals surface area contributed by atoms with E-state index >= 15 is 0 Å². The van der Waals surface area contributed by atoms with Gasteiger partial charge in [0.05, 0.1) is 0 Å². The van der Waals surface area contributed by atoms with Gasteiger partial charge in [0.15, 0.2) is 0 Å². The fourth-order valence-corrected chi connectivity index (χ4v) is 1.90. The number of benzene rings is 1. The maximum Gasteiger partial charge on any atom is 0.254 e. The molecule has 1 atom stereocenters. The summed E-state index contributed by atoms with van der Waals surface area (Å²) < 4.78 is 0.996. The lowest BCUT2D eigenvalue weighted by Gasteiger charge is -2.27. The number of halogens is 1. The number of nitrogens with zero attached hydrogens (tertiary/aromatic N) is 1. The largest absolute Gasteiger partial charge is 0.336 e. The first-order chi connectivity index (χ1) is 7.60. The van der Waals surface area contributed by atoms with Gasteiger partial charge in [0.25, 0.3) is 5.91 Å². The van der Waals surface area contributed by atoms with E-state index in [1.54, 1.807) is 0 Å². The summed E-state index contributed by atoms with van der Waals surface area (Å²) >= 11 is 3.37. The summed E-state index contributed by atoms with van der Waals surface area (Å²) in [6.07, 6.45) is 0.982. The molecular formula is C13H18BrNO. The van der Waals surface area contributed by atoms with Crippen LogP contribution in [0.3, 0.4) is 0 Å². The van der Waals surface area contributed by atoms with Crippen LogP contribution in [0.2, 0.25) is 0 Å². The third kappa shape index (κ3) is 3.08. The number of carbonyl (C=O) groups excluding carboxylic acids is 1. The first kappa shape index (κ1) is 13.2. The molecule has 1 rings (SSSR count). The van der Waals surface area contributed by atoms with Gasteiger partial charge in [0, 0.05) is 22.6 Å². The van der Waals surface area contributed by atoms with Crippen LogP contribution in [0.4, 0.5) is 0 Å². The number of carbonyl (C=O) groups is 1. The zero-order valence-corrected chi connectivity index (χ0v) is 11.6. The van der Waals surface area contributed by atoms with Gasteiger partial charge >= 0.3 is 0 Å². The van der Waals surface area contributed by atoms with Crippen LogP contribution in [0, 0.1) is 0 Å². The number of amides is 1. The van der Waals surface area contributed by atoms with E-state index in [0.29, 0.717) is 6.04 Å². The van der Waals surface area contributed by atoms with E-state index in [1.807, 2.05) is 36.1 Å². The highest BCUT2D eigenvalue weighted by Gasteiger charge is 2.18. The van der Waals surface area contributed by atoms with Crippen molar-refractivity contribution in [1.82, 2.24) is 4.90 Å². The van der Waals surface area contributed by atoms with Crippen molar-refractivity contribution in [2.75, 3.05) is 6.54 Å². The van der Waals surface area contributed by atoms with E-state index in [2.05, 4.69) is 29.8 Å². The van der Waals surface area contributed by atoms with Gasteiger partial charge in [-0.3, -0.25) is 4.79 Å². The van der Waals surface area contributed by atoms with Crippen molar-refractivity contribution in [1.29, 1.82) is 0 Å². The Morgan fingerprint density at radius 2 is 1.88 bits per heavy atom. The molecule has 1 amide bonds. The molecule has 16 heavy (non-hydrogen) atoms. The van der Waals surface area contributed by atoms with E-state index in [9.17, 15) is 4.79 Å². The predicted molar refractivity (Wildman–Crippen MR) is 70.6 cm³/mol. The molecule has 1 aromatic carbocycles. The molecule has 1 unspecified atom stereocenters. The lowest BCUT2D eigenvalue weighted by molar-refractivity contribution is 0.0700. The molecule has 1 aromatic rings. The van der Waals surface area contributed by atoms with Gasteiger partial charge in [0.2, 0.25) is 0 Å². The summed E-state index contributed by atoms with van der Waals surface area (Å²) in [4.78, 5) is 14.1. The van der Waals surface area contributed by atoms with Crippen molar-refractivity contribution in [3.8, 4) is 0 Å². The van der Waals surface area contributed by atoms with Crippen molar-refractivity contribution in [2.24, 2.45) is 0 Å². The van der Waals surface area contributed by atoms with Crippen LogP contribution in [0.5, 0.6) is 0 Å². The summed E-state index contributed by atoms with van der Waals surface area (Å²) in [5.74, 6) is 0.115. The van der Waals surface area contributed by atoms with Crippen molar-refractivity contribution in [3.63, 3.8) is 0 Å². The van der Waals surface area contributed by atoms with Gasteiger partial charge in [-0.05, 0) is 44.5 Å². The summed E-state index contributed by atoms with van der Waals surface area (Å²) in [6, 6.07) is 7.81. The van der Waals surface area contributed by atoms with Crippen LogP contribution in [0.15, 0.2) is 28.7 Å². The van der Waals surface area contributed by atoms with Crippen LogP contribution < -0.4 is 0 Å². The molecule has 3 heteroatoms. The Kier molecular flexibility index (Phi) is 5.00. The highest BCUT2D eigenvalue weighted by atomic mass is 79.9. The lowest BCUT2D eigenvalue weighted by atomic mass is 10.1. The fraction of sp³-hybridized carbons (Fsp3) is 0.462. The van der Waals surface area contributed by atoms with Crippen LogP contribution in [-0.4, -0.2) is 23.4 Å². The third-order valence-corrected chi connectivity index (χ3v) is 3.34. The molecule has 0 radical (unpaired) electrons. The summed E-state index contributed by atoms with van der Waals surface area (Å²) in [7, 11) is 0. The van der Waals surface area contributed by atoms with Crippen molar-refractivity contribution in [3.05, 3.63) is 34.3 Å². The Balaban J connectivity index is 2.87. The number of hydrogen-bond acceptors (Lipinski definition) is 1. The first-order valence-electron chi connectivity index (χ1n) is 5.66. The Bertz CT molecular complexity index is 347. The molecule has 0 aliphatic carbocycles. The van der Waals surface area contributed by atoms with Gasteiger partial charge in [-0.15, -0.1) is 0 Å². The second-order valence-corrected chi connectivity index (χ2v) is 4.77. The standard InChI is InChI=1S/C13H18BrNO/c1-4-10(3)15(5-2)13(16)11-6-8-12(14)9-7-11/h6-10H,4-5H2,1-3H3. The highest BCUT2D eigenvalue weighted by Crippen LogP contribution is 2.14. The van der Waals surface area contributed by atoms with Gasteiger partial charge in [-0.2, -0.15) is 0 Å². The fourth-order valence-electron chi connectivity index (χ4n) is 1.63. The summed E-state index contributed by atoms with van der Waals surface area (Å²) in [5.41, 5.74) is 0.755. The van der Waals surface area contributed by atoms with Crippen LogP contribution >= 0.6 is 15.9 Å². The third-order valence-electron chi connectivity index (χ3n) is 2.82. The molecule has 0 bridgehead atoms. The molecule has 0 heterocycles. The van der Waals surface area contributed by atoms with Crippen molar-refractivity contribution < 1.29 is 4.79 Å². The molecule has 0 saturated heterocycles. The smallest absolute Gasteiger partial charge is 0.254 e. The minimum atomic E-state index is 0.115. The lowest BCUT2D eigenvalue weighted by Crippen LogP contribution is -2.38. The molecule has 0 aliphatic rings. The van der Waals surface area contributed by atoms with Gasteiger partial charge in [-0.25, -0.2) is 0 Å². The topological polar surface area (TPSA) is 20.3 Å². The molecule has 0 spiro atoms. The zero-order valence-electron chi connectivity index (χ0n) is 10.0. The molecule has 0 N–H and O–H groups in total. The molecule has 0 fully saturated rings. The van der Waals surface area contributed by atoms with Crippen molar-refractivity contribution in [2.45, 2.75) is 33.2 Å². The number of hydrogen-bond donors (Lipinski definition) is 0. The molecule has 88 valence electrons. The normalized spacial score (nSPS) is 12.2. The van der Waals surface area contributed by atoms with Crippen LogP contribution in [-0.2, 0) is 0 Å². The minimum absolute atomic E-state index is 0.115. The monoisotopic (exact) mass is 283 g/mol. The maximum atomic E-state index is 12.2. The summed E-state index contributed by atoms with van der Waals surface area (Å²) in [6.45, 7) is 6.95. The van der Waals surface area contributed by atoms with Crippen molar-refractivity contribution >= 4 is 21.8 Å². The zero-order chi connectivity index (χ0) is 12.1.